The molecule has 0 saturated carbocycles. The first-order valence-corrected chi connectivity index (χ1v) is 11.6. The molecule has 0 aliphatic carbocycles. The van der Waals surface area contributed by atoms with E-state index in [9.17, 15) is 8.42 Å². The van der Waals surface area contributed by atoms with Gasteiger partial charge in [-0.05, 0) is 30.5 Å². The quantitative estimate of drug-likeness (QED) is 0.317. The van der Waals surface area contributed by atoms with Gasteiger partial charge < -0.3 is 15.4 Å². The molecule has 28 heavy (non-hydrogen) atoms. The normalized spacial score (nSPS) is 18.7. The van der Waals surface area contributed by atoms with Crippen LogP contribution in [0.5, 0.6) is 5.75 Å². The lowest BCUT2D eigenvalue weighted by molar-refractivity contribution is 0.304. The van der Waals surface area contributed by atoms with Crippen LogP contribution in [0.3, 0.4) is 0 Å². The maximum Gasteiger partial charge on any atom is 0.191 e. The number of sulfone groups is 1. The summed E-state index contributed by atoms with van der Waals surface area (Å²) in [5.41, 5.74) is 2.61. The second kappa shape index (κ2) is 11.2. The summed E-state index contributed by atoms with van der Waals surface area (Å²) in [6, 6.07) is 6.43. The van der Waals surface area contributed by atoms with Crippen LogP contribution < -0.4 is 15.4 Å². The van der Waals surface area contributed by atoms with Gasteiger partial charge in [0.05, 0.1) is 24.7 Å². The molecule has 0 aromatic heterocycles. The number of rotatable bonds is 7. The van der Waals surface area contributed by atoms with Crippen molar-refractivity contribution in [3.8, 4) is 5.75 Å². The van der Waals surface area contributed by atoms with Gasteiger partial charge in [-0.3, -0.25) is 9.89 Å². The van der Waals surface area contributed by atoms with Crippen LogP contribution in [0.4, 0.5) is 0 Å². The maximum absolute atomic E-state index is 11.5. The summed E-state index contributed by atoms with van der Waals surface area (Å²) in [7, 11) is -2.82. The number of benzene rings is 1. The number of halogens is 1. The van der Waals surface area contributed by atoms with E-state index < -0.39 is 9.84 Å². The van der Waals surface area contributed by atoms with Crippen LogP contribution in [0.25, 0.3) is 0 Å². The van der Waals surface area contributed by atoms with Crippen LogP contribution in [0.2, 0.25) is 0 Å². The van der Waals surface area contributed by atoms with E-state index in [1.54, 1.807) is 0 Å². The zero-order chi connectivity index (χ0) is 19.1. The van der Waals surface area contributed by atoms with Crippen molar-refractivity contribution in [2.75, 3.05) is 57.4 Å². The molecule has 3 rings (SSSR count). The molecule has 0 unspecified atom stereocenters. The van der Waals surface area contributed by atoms with E-state index in [1.807, 2.05) is 6.92 Å². The van der Waals surface area contributed by atoms with Crippen molar-refractivity contribution < 1.29 is 13.2 Å². The van der Waals surface area contributed by atoms with Gasteiger partial charge in [0.15, 0.2) is 15.8 Å². The van der Waals surface area contributed by atoms with E-state index >= 15 is 0 Å². The molecule has 2 aliphatic rings. The van der Waals surface area contributed by atoms with Gasteiger partial charge in [-0.1, -0.05) is 12.1 Å². The van der Waals surface area contributed by atoms with Crippen LogP contribution in [0.15, 0.2) is 23.2 Å². The third-order valence-corrected chi connectivity index (χ3v) is 6.54. The molecule has 1 fully saturated rings. The second-order valence-electron chi connectivity index (χ2n) is 6.97. The molecule has 2 N–H and O–H groups in total. The minimum absolute atomic E-state index is 0. The van der Waals surface area contributed by atoms with Crippen LogP contribution in [-0.2, 0) is 22.7 Å². The second-order valence-corrected chi connectivity index (χ2v) is 9.28. The average molecular weight is 522 g/mol. The summed E-state index contributed by atoms with van der Waals surface area (Å²) in [4.78, 5) is 6.78. The number of hydrogen-bond donors (Lipinski definition) is 2. The van der Waals surface area contributed by atoms with Gasteiger partial charge in [-0.25, -0.2) is 8.42 Å². The molecular weight excluding hydrogens is 491 g/mol. The van der Waals surface area contributed by atoms with Gasteiger partial charge in [0.25, 0.3) is 0 Å². The molecule has 7 nitrogen and oxygen atoms in total. The smallest absolute Gasteiger partial charge is 0.191 e. The van der Waals surface area contributed by atoms with Crippen molar-refractivity contribution in [2.24, 2.45) is 4.99 Å². The number of guanidine groups is 1. The van der Waals surface area contributed by atoms with E-state index in [2.05, 4.69) is 38.7 Å². The minimum atomic E-state index is -2.82. The zero-order valence-corrected chi connectivity index (χ0v) is 19.6. The fourth-order valence-corrected chi connectivity index (χ4v) is 4.62. The molecule has 0 atom stereocenters. The molecule has 9 heteroatoms. The monoisotopic (exact) mass is 522 g/mol. The third-order valence-electron chi connectivity index (χ3n) is 4.93. The van der Waals surface area contributed by atoms with Crippen molar-refractivity contribution in [1.82, 2.24) is 15.5 Å². The van der Waals surface area contributed by atoms with E-state index in [4.69, 9.17) is 4.74 Å². The van der Waals surface area contributed by atoms with Gasteiger partial charge in [0.2, 0.25) is 0 Å². The van der Waals surface area contributed by atoms with Crippen molar-refractivity contribution >= 4 is 39.8 Å². The number of nitrogens with zero attached hydrogens (tertiary/aromatic N) is 2. The van der Waals surface area contributed by atoms with Gasteiger partial charge in [-0.15, -0.1) is 24.0 Å². The fraction of sp³-hybridized carbons (Fsp3) is 0.632. The molecule has 1 aromatic rings. The van der Waals surface area contributed by atoms with Crippen LogP contribution >= 0.6 is 24.0 Å². The molecule has 0 bridgehead atoms. The van der Waals surface area contributed by atoms with E-state index in [0.717, 1.165) is 50.8 Å². The number of fused-ring (bicyclic) bond motifs is 1. The van der Waals surface area contributed by atoms with Crippen LogP contribution in [0, 0.1) is 0 Å². The summed E-state index contributed by atoms with van der Waals surface area (Å²) in [5.74, 6) is 2.36. The topological polar surface area (TPSA) is 83.0 Å². The Balaban J connectivity index is 0.00000280. The Morgan fingerprint density at radius 1 is 1.25 bits per heavy atom. The predicted octanol–water partition coefficient (Wildman–Crippen LogP) is 1.07. The molecule has 1 aromatic carbocycles. The van der Waals surface area contributed by atoms with Gasteiger partial charge >= 0.3 is 0 Å². The highest BCUT2D eigenvalue weighted by Crippen LogP contribution is 2.25. The summed E-state index contributed by atoms with van der Waals surface area (Å²) in [5, 5.41) is 6.65. The Morgan fingerprint density at radius 3 is 2.79 bits per heavy atom. The summed E-state index contributed by atoms with van der Waals surface area (Å²) < 4.78 is 28.5. The van der Waals surface area contributed by atoms with Crippen LogP contribution in [-0.4, -0.2) is 76.7 Å². The highest BCUT2D eigenvalue weighted by molar-refractivity contribution is 14.0. The highest BCUT2D eigenvalue weighted by atomic mass is 127. The lowest BCUT2D eigenvalue weighted by Gasteiger charge is -2.25. The average Bonchev–Trinajstić information content (AvgIpc) is 3.11. The Kier molecular flexibility index (Phi) is 9.29. The van der Waals surface area contributed by atoms with E-state index in [1.165, 1.54) is 11.1 Å². The SMILES string of the molecule is CCNC(=NCCN1CCS(=O)(=O)CC1)NCCc1ccc2c(c1)CCO2.I. The lowest BCUT2D eigenvalue weighted by Crippen LogP contribution is -2.42. The fourth-order valence-electron chi connectivity index (χ4n) is 3.34. The molecule has 0 spiro atoms. The van der Waals surface area contributed by atoms with Gasteiger partial charge in [0, 0.05) is 39.1 Å². The zero-order valence-electron chi connectivity index (χ0n) is 16.4. The Morgan fingerprint density at radius 2 is 2.04 bits per heavy atom. The van der Waals surface area contributed by atoms with Gasteiger partial charge in [-0.2, -0.15) is 0 Å². The van der Waals surface area contributed by atoms with Crippen molar-refractivity contribution in [1.29, 1.82) is 0 Å². The molecule has 0 amide bonds. The molecule has 158 valence electrons. The lowest BCUT2D eigenvalue weighted by atomic mass is 10.1. The molecule has 2 heterocycles. The van der Waals surface area contributed by atoms with E-state index in [0.29, 0.717) is 19.6 Å². The van der Waals surface area contributed by atoms with E-state index in [-0.39, 0.29) is 35.5 Å². The predicted molar refractivity (Wildman–Crippen MR) is 124 cm³/mol. The summed E-state index contributed by atoms with van der Waals surface area (Å²) in [6.07, 6.45) is 1.93. The molecular formula is C19H31IN4O3S. The van der Waals surface area contributed by atoms with Crippen LogP contribution in [0.1, 0.15) is 18.1 Å². The third kappa shape index (κ3) is 7.07. The number of aliphatic imine (C=N–C) groups is 1. The summed E-state index contributed by atoms with van der Waals surface area (Å²) >= 11 is 0. The Hall–Kier alpha value is -1.07. The highest BCUT2D eigenvalue weighted by Gasteiger charge is 2.20. The Labute approximate surface area is 185 Å². The van der Waals surface area contributed by atoms with Crippen molar-refractivity contribution in [3.05, 3.63) is 29.3 Å². The molecule has 0 radical (unpaired) electrons. The standard InChI is InChI=1S/C19H30N4O3S.HI/c1-2-20-19(22-8-9-23-10-13-27(24,25)14-11-23)21-7-5-16-3-4-18-17(15-16)6-12-26-18;/h3-4,15H,2,5-14H2,1H3,(H2,20,21,22);1H. The first-order valence-electron chi connectivity index (χ1n) is 9.75. The van der Waals surface area contributed by atoms with Crippen molar-refractivity contribution in [2.45, 2.75) is 19.8 Å². The van der Waals surface area contributed by atoms with Gasteiger partial charge in [0.1, 0.15) is 5.75 Å². The Bertz CT molecular complexity index is 756. The maximum atomic E-state index is 11.5. The molecule has 1 saturated heterocycles. The number of nitrogens with one attached hydrogen (secondary N) is 2. The largest absolute Gasteiger partial charge is 0.493 e. The van der Waals surface area contributed by atoms with Crippen molar-refractivity contribution in [3.63, 3.8) is 0 Å². The minimum Gasteiger partial charge on any atom is -0.493 e. The first-order chi connectivity index (χ1) is 13.1. The number of hydrogen-bond acceptors (Lipinski definition) is 5. The first kappa shape index (κ1) is 23.2. The summed E-state index contributed by atoms with van der Waals surface area (Å²) in [6.45, 7) is 7.14. The number of ether oxygens (including phenoxy) is 1. The molecule has 2 aliphatic heterocycles.